The summed E-state index contributed by atoms with van der Waals surface area (Å²) in [6, 6.07) is 11.1. The van der Waals surface area contributed by atoms with Gasteiger partial charge in [0.05, 0.1) is 37.1 Å². The van der Waals surface area contributed by atoms with E-state index in [2.05, 4.69) is 10.3 Å². The Morgan fingerprint density at radius 1 is 1.10 bits per heavy atom. The van der Waals surface area contributed by atoms with Crippen LogP contribution in [-0.4, -0.2) is 34.2 Å². The maximum absolute atomic E-state index is 12.8. The Hall–Kier alpha value is -3.81. The fraction of sp³-hybridized carbons (Fsp3) is 0.261. The van der Waals surface area contributed by atoms with E-state index in [1.807, 2.05) is 42.1 Å². The fourth-order valence-corrected chi connectivity index (χ4v) is 3.68. The van der Waals surface area contributed by atoms with E-state index in [4.69, 9.17) is 9.47 Å². The first-order valence-electron chi connectivity index (χ1n) is 9.97. The minimum atomic E-state index is -0.180. The zero-order valence-electron chi connectivity index (χ0n) is 17.7. The number of hydrogen-bond acceptors (Lipinski definition) is 5. The largest absolute Gasteiger partial charge is 0.493 e. The molecule has 8 heteroatoms. The molecule has 0 spiro atoms. The second-order valence-corrected chi connectivity index (χ2v) is 7.28. The normalized spacial score (nSPS) is 11.1. The number of nitrogens with one attached hydrogen (secondary N) is 1. The zero-order valence-corrected chi connectivity index (χ0v) is 17.7. The van der Waals surface area contributed by atoms with Gasteiger partial charge in [0.15, 0.2) is 11.5 Å². The molecule has 0 atom stereocenters. The van der Waals surface area contributed by atoms with Crippen LogP contribution < -0.4 is 20.3 Å². The van der Waals surface area contributed by atoms with Gasteiger partial charge in [0.2, 0.25) is 5.91 Å². The van der Waals surface area contributed by atoms with E-state index >= 15 is 0 Å². The number of ether oxygens (including phenoxy) is 2. The highest BCUT2D eigenvalue weighted by atomic mass is 16.5. The number of hydrogen-bond donors (Lipinski definition) is 1. The smallest absolute Gasteiger partial charge is 0.261 e. The molecule has 1 amide bonds. The van der Waals surface area contributed by atoms with Crippen LogP contribution in [0.25, 0.3) is 21.8 Å². The molecule has 0 saturated heterocycles. The molecule has 8 nitrogen and oxygen atoms in total. The molecule has 2 aromatic heterocycles. The van der Waals surface area contributed by atoms with Gasteiger partial charge < -0.3 is 19.4 Å². The van der Waals surface area contributed by atoms with Crippen LogP contribution in [0, 0.1) is 0 Å². The highest BCUT2D eigenvalue weighted by Crippen LogP contribution is 2.29. The van der Waals surface area contributed by atoms with Gasteiger partial charge in [-0.1, -0.05) is 6.07 Å². The van der Waals surface area contributed by atoms with Crippen molar-refractivity contribution >= 4 is 33.4 Å². The molecule has 0 aliphatic rings. The van der Waals surface area contributed by atoms with Crippen molar-refractivity contribution in [2.24, 2.45) is 7.05 Å². The van der Waals surface area contributed by atoms with Crippen LogP contribution in [0.15, 0.2) is 53.7 Å². The summed E-state index contributed by atoms with van der Waals surface area (Å²) in [5.41, 5.74) is 2.19. The minimum absolute atomic E-state index is 0.0930. The summed E-state index contributed by atoms with van der Waals surface area (Å²) in [6.45, 7) is 0.388. The van der Waals surface area contributed by atoms with E-state index in [1.54, 1.807) is 12.1 Å². The van der Waals surface area contributed by atoms with Crippen LogP contribution in [0.1, 0.15) is 12.8 Å². The van der Waals surface area contributed by atoms with Crippen LogP contribution >= 0.6 is 0 Å². The highest BCUT2D eigenvalue weighted by Gasteiger charge is 2.12. The SMILES string of the molecule is COc1cc2ncn(CCCC(=O)Nc3cccc4c3ccn4C)c(=O)c2cc1OC. The summed E-state index contributed by atoms with van der Waals surface area (Å²) in [6.07, 6.45) is 4.26. The number of nitrogens with zero attached hydrogens (tertiary/aromatic N) is 3. The van der Waals surface area contributed by atoms with Gasteiger partial charge in [-0.3, -0.25) is 14.2 Å². The van der Waals surface area contributed by atoms with E-state index in [0.29, 0.717) is 41.8 Å². The number of methoxy groups -OCH3 is 2. The first-order valence-corrected chi connectivity index (χ1v) is 9.97. The van der Waals surface area contributed by atoms with Crippen LogP contribution in [-0.2, 0) is 18.4 Å². The monoisotopic (exact) mass is 420 g/mol. The van der Waals surface area contributed by atoms with Crippen LogP contribution in [0.3, 0.4) is 0 Å². The fourth-order valence-electron chi connectivity index (χ4n) is 3.68. The van der Waals surface area contributed by atoms with Gasteiger partial charge >= 0.3 is 0 Å². The number of benzene rings is 2. The lowest BCUT2D eigenvalue weighted by Gasteiger charge is -2.11. The van der Waals surface area contributed by atoms with E-state index < -0.39 is 0 Å². The Balaban J connectivity index is 1.44. The summed E-state index contributed by atoms with van der Waals surface area (Å²) in [4.78, 5) is 29.6. The van der Waals surface area contributed by atoms with Crippen molar-refractivity contribution in [3.8, 4) is 11.5 Å². The summed E-state index contributed by atoms with van der Waals surface area (Å²) in [5, 5.41) is 4.41. The van der Waals surface area contributed by atoms with E-state index in [1.165, 1.54) is 25.1 Å². The number of amides is 1. The van der Waals surface area contributed by atoms with E-state index in [0.717, 1.165) is 16.6 Å². The molecule has 160 valence electrons. The Labute approximate surface area is 179 Å². The number of aryl methyl sites for hydroxylation is 2. The summed E-state index contributed by atoms with van der Waals surface area (Å²) in [5.74, 6) is 0.899. The number of carbonyl (C=O) groups is 1. The van der Waals surface area contributed by atoms with Crippen molar-refractivity contribution < 1.29 is 14.3 Å². The van der Waals surface area contributed by atoms with Crippen LogP contribution in [0.5, 0.6) is 11.5 Å². The van der Waals surface area contributed by atoms with Crippen molar-refractivity contribution in [2.75, 3.05) is 19.5 Å². The topological polar surface area (TPSA) is 87.4 Å². The molecule has 0 aliphatic heterocycles. The average molecular weight is 420 g/mol. The number of carbonyl (C=O) groups excluding carboxylic acids is 1. The molecule has 2 heterocycles. The maximum atomic E-state index is 12.8. The van der Waals surface area contributed by atoms with Crippen molar-refractivity contribution in [1.29, 1.82) is 0 Å². The maximum Gasteiger partial charge on any atom is 0.261 e. The van der Waals surface area contributed by atoms with Crippen LogP contribution in [0.2, 0.25) is 0 Å². The summed E-state index contributed by atoms with van der Waals surface area (Å²) in [7, 11) is 5.02. The third kappa shape index (κ3) is 3.96. The second kappa shape index (κ2) is 8.51. The molecule has 0 aliphatic carbocycles. The van der Waals surface area contributed by atoms with Crippen molar-refractivity contribution in [1.82, 2.24) is 14.1 Å². The lowest BCUT2D eigenvalue weighted by atomic mass is 10.2. The zero-order chi connectivity index (χ0) is 22.0. The van der Waals surface area contributed by atoms with Crippen molar-refractivity contribution in [3.63, 3.8) is 0 Å². The van der Waals surface area contributed by atoms with Gasteiger partial charge in [-0.05, 0) is 30.7 Å². The predicted molar refractivity (Wildman–Crippen MR) is 120 cm³/mol. The standard InChI is InChI=1S/C23H24N4O4/c1-26-11-9-15-17(6-4-7-19(15)26)25-22(28)8-5-10-27-14-24-18-13-21(31-3)20(30-2)12-16(18)23(27)29/h4,6-7,9,11-14H,5,8,10H2,1-3H3,(H,25,28). The number of aromatic nitrogens is 3. The third-order valence-corrected chi connectivity index (χ3v) is 5.33. The van der Waals surface area contributed by atoms with Gasteiger partial charge in [0.1, 0.15) is 0 Å². The minimum Gasteiger partial charge on any atom is -0.493 e. The Bertz CT molecular complexity index is 1320. The van der Waals surface area contributed by atoms with Gasteiger partial charge in [0.25, 0.3) is 5.56 Å². The van der Waals surface area contributed by atoms with Gasteiger partial charge in [0, 0.05) is 43.2 Å². The highest BCUT2D eigenvalue weighted by molar-refractivity contribution is 6.01. The summed E-state index contributed by atoms with van der Waals surface area (Å²) >= 11 is 0. The molecule has 0 unspecified atom stereocenters. The van der Waals surface area contributed by atoms with Gasteiger partial charge in [-0.25, -0.2) is 4.98 Å². The van der Waals surface area contributed by atoms with Gasteiger partial charge in [-0.2, -0.15) is 0 Å². The van der Waals surface area contributed by atoms with E-state index in [-0.39, 0.29) is 11.5 Å². The lowest BCUT2D eigenvalue weighted by molar-refractivity contribution is -0.116. The molecular formula is C23H24N4O4. The third-order valence-electron chi connectivity index (χ3n) is 5.33. The first-order chi connectivity index (χ1) is 15.0. The first kappa shape index (κ1) is 20.5. The number of rotatable bonds is 7. The molecule has 0 bridgehead atoms. The predicted octanol–water partition coefficient (Wildman–Crippen LogP) is 3.32. The Morgan fingerprint density at radius 2 is 1.87 bits per heavy atom. The average Bonchev–Trinajstić information content (AvgIpc) is 3.16. The molecule has 31 heavy (non-hydrogen) atoms. The molecule has 0 saturated carbocycles. The van der Waals surface area contributed by atoms with Crippen molar-refractivity contribution in [2.45, 2.75) is 19.4 Å². The molecular weight excluding hydrogens is 396 g/mol. The molecule has 0 radical (unpaired) electrons. The quantitative estimate of drug-likeness (QED) is 0.496. The van der Waals surface area contributed by atoms with Crippen molar-refractivity contribution in [3.05, 3.63) is 59.3 Å². The van der Waals surface area contributed by atoms with Crippen LogP contribution in [0.4, 0.5) is 5.69 Å². The Kier molecular flexibility index (Phi) is 5.62. The number of fused-ring (bicyclic) bond motifs is 2. The Morgan fingerprint density at radius 3 is 2.65 bits per heavy atom. The number of anilines is 1. The molecule has 0 fully saturated rings. The molecule has 4 rings (SSSR count). The lowest BCUT2D eigenvalue weighted by Crippen LogP contribution is -2.22. The molecule has 2 aromatic carbocycles. The van der Waals surface area contributed by atoms with E-state index in [9.17, 15) is 9.59 Å². The van der Waals surface area contributed by atoms with Gasteiger partial charge in [-0.15, -0.1) is 0 Å². The second-order valence-electron chi connectivity index (χ2n) is 7.28. The molecule has 1 N–H and O–H groups in total. The summed E-state index contributed by atoms with van der Waals surface area (Å²) < 4.78 is 14.1. The molecule has 4 aromatic rings.